The SMILES string of the molecule is CC(C)(C)c1cccc(-c2ccccc2)c1C(C)(C)C.[H-].[Na+]. The van der Waals surface area contributed by atoms with Gasteiger partial charge in [0.05, 0.1) is 0 Å². The van der Waals surface area contributed by atoms with Crippen molar-refractivity contribution >= 4 is 0 Å². The van der Waals surface area contributed by atoms with Crippen molar-refractivity contribution in [2.75, 3.05) is 0 Å². The van der Waals surface area contributed by atoms with Gasteiger partial charge in [-0.15, -0.1) is 0 Å². The fourth-order valence-corrected chi connectivity index (χ4v) is 2.84. The zero-order valence-corrected chi connectivity index (χ0v) is 16.6. The second-order valence-corrected chi connectivity index (χ2v) is 7.59. The summed E-state index contributed by atoms with van der Waals surface area (Å²) in [5, 5.41) is 0. The molecular formula is C20H27Na. The van der Waals surface area contributed by atoms with Crippen molar-refractivity contribution in [2.24, 2.45) is 0 Å². The third-order valence-electron chi connectivity index (χ3n) is 3.71. The molecule has 2 aromatic carbocycles. The molecule has 0 fully saturated rings. The van der Waals surface area contributed by atoms with Crippen LogP contribution in [0.2, 0.25) is 0 Å². The molecule has 0 saturated carbocycles. The molecule has 1 heteroatoms. The van der Waals surface area contributed by atoms with Gasteiger partial charge < -0.3 is 1.43 Å². The Morgan fingerprint density at radius 1 is 0.667 bits per heavy atom. The molecule has 0 atom stereocenters. The van der Waals surface area contributed by atoms with E-state index in [0.29, 0.717) is 0 Å². The van der Waals surface area contributed by atoms with Gasteiger partial charge in [-0.25, -0.2) is 0 Å². The third-order valence-corrected chi connectivity index (χ3v) is 3.71. The van der Waals surface area contributed by atoms with E-state index in [1.54, 1.807) is 0 Å². The maximum absolute atomic E-state index is 2.31. The molecule has 21 heavy (non-hydrogen) atoms. The van der Waals surface area contributed by atoms with E-state index in [1.807, 2.05) is 0 Å². The van der Waals surface area contributed by atoms with Crippen molar-refractivity contribution in [1.29, 1.82) is 0 Å². The van der Waals surface area contributed by atoms with Gasteiger partial charge >= 0.3 is 29.6 Å². The van der Waals surface area contributed by atoms with E-state index >= 15 is 0 Å². The van der Waals surface area contributed by atoms with Crippen molar-refractivity contribution in [3.05, 3.63) is 59.7 Å². The summed E-state index contributed by atoms with van der Waals surface area (Å²) < 4.78 is 0. The first-order valence-electron chi connectivity index (χ1n) is 7.40. The van der Waals surface area contributed by atoms with Crippen LogP contribution < -0.4 is 29.6 Å². The maximum atomic E-state index is 2.31. The Morgan fingerprint density at radius 3 is 1.71 bits per heavy atom. The van der Waals surface area contributed by atoms with Crippen LogP contribution in [0, 0.1) is 0 Å². The average molecular weight is 290 g/mol. The molecule has 0 aliphatic carbocycles. The quantitative estimate of drug-likeness (QED) is 0.708. The van der Waals surface area contributed by atoms with Crippen LogP contribution in [0.25, 0.3) is 11.1 Å². The van der Waals surface area contributed by atoms with E-state index in [4.69, 9.17) is 0 Å². The largest absolute Gasteiger partial charge is 1.00 e. The van der Waals surface area contributed by atoms with E-state index in [9.17, 15) is 0 Å². The van der Waals surface area contributed by atoms with Gasteiger partial charge in [-0.3, -0.25) is 0 Å². The molecule has 0 saturated heterocycles. The minimum atomic E-state index is 0. The second kappa shape index (κ2) is 6.69. The van der Waals surface area contributed by atoms with Gasteiger partial charge in [0.2, 0.25) is 0 Å². The minimum Gasteiger partial charge on any atom is -1.00 e. The van der Waals surface area contributed by atoms with Crippen LogP contribution in [0.4, 0.5) is 0 Å². The smallest absolute Gasteiger partial charge is 1.00 e. The van der Waals surface area contributed by atoms with Crippen molar-refractivity contribution in [2.45, 2.75) is 52.4 Å². The van der Waals surface area contributed by atoms with Crippen molar-refractivity contribution in [1.82, 2.24) is 0 Å². The summed E-state index contributed by atoms with van der Waals surface area (Å²) in [4.78, 5) is 0. The Bertz CT molecular complexity index is 589. The van der Waals surface area contributed by atoms with Crippen LogP contribution >= 0.6 is 0 Å². The molecule has 0 amide bonds. The number of hydrogen-bond donors (Lipinski definition) is 0. The summed E-state index contributed by atoms with van der Waals surface area (Å²) in [6.07, 6.45) is 0. The van der Waals surface area contributed by atoms with Gasteiger partial charge in [-0.1, -0.05) is 90.1 Å². The number of hydrogen-bond acceptors (Lipinski definition) is 0. The van der Waals surface area contributed by atoms with E-state index in [-0.39, 0.29) is 41.8 Å². The fraction of sp³-hybridized carbons (Fsp3) is 0.400. The molecule has 0 aliphatic heterocycles. The molecule has 0 nitrogen and oxygen atoms in total. The normalized spacial score (nSPS) is 11.9. The zero-order valence-electron chi connectivity index (χ0n) is 15.6. The Kier molecular flexibility index (Phi) is 5.89. The van der Waals surface area contributed by atoms with Gasteiger partial charge in [0.25, 0.3) is 0 Å². The standard InChI is InChI=1S/C20H26.Na.H/c1-19(2,3)17-14-10-13-16(18(17)20(4,5)6)15-11-8-7-9-12-15;;/h7-14H,1-6H3;;/q;+1;-1. The van der Waals surface area contributed by atoms with Crippen molar-refractivity contribution in [3.63, 3.8) is 0 Å². The third kappa shape index (κ3) is 4.22. The Hall–Kier alpha value is -0.560. The van der Waals surface area contributed by atoms with Gasteiger partial charge in [0, 0.05) is 0 Å². The van der Waals surface area contributed by atoms with Crippen LogP contribution in [0.3, 0.4) is 0 Å². The van der Waals surface area contributed by atoms with Crippen LogP contribution in [-0.2, 0) is 10.8 Å². The topological polar surface area (TPSA) is 0 Å². The zero-order chi connectivity index (χ0) is 15.0. The molecule has 0 unspecified atom stereocenters. The number of rotatable bonds is 1. The van der Waals surface area contributed by atoms with E-state index in [2.05, 4.69) is 90.1 Å². The van der Waals surface area contributed by atoms with Crippen LogP contribution in [-0.4, -0.2) is 0 Å². The first-order valence-corrected chi connectivity index (χ1v) is 7.40. The van der Waals surface area contributed by atoms with E-state index in [1.165, 1.54) is 22.3 Å². The van der Waals surface area contributed by atoms with Crippen molar-refractivity contribution in [3.8, 4) is 11.1 Å². The summed E-state index contributed by atoms with van der Waals surface area (Å²) in [6.45, 7) is 13.8. The molecular weight excluding hydrogens is 263 g/mol. The Morgan fingerprint density at radius 2 is 1.24 bits per heavy atom. The van der Waals surface area contributed by atoms with Gasteiger partial charge in [0.1, 0.15) is 0 Å². The summed E-state index contributed by atoms with van der Waals surface area (Å²) >= 11 is 0. The van der Waals surface area contributed by atoms with Crippen LogP contribution in [0.15, 0.2) is 48.5 Å². The molecule has 0 radical (unpaired) electrons. The molecule has 0 spiro atoms. The molecule has 108 valence electrons. The maximum Gasteiger partial charge on any atom is 1.00 e. The average Bonchev–Trinajstić information content (AvgIpc) is 2.37. The van der Waals surface area contributed by atoms with Gasteiger partial charge in [-0.2, -0.15) is 0 Å². The summed E-state index contributed by atoms with van der Waals surface area (Å²) in [6, 6.07) is 17.5. The summed E-state index contributed by atoms with van der Waals surface area (Å²) in [5.41, 5.74) is 5.89. The van der Waals surface area contributed by atoms with Gasteiger partial charge in [-0.05, 0) is 33.1 Å². The van der Waals surface area contributed by atoms with Crippen LogP contribution in [0.1, 0.15) is 54.1 Å². The van der Waals surface area contributed by atoms with E-state index in [0.717, 1.165) is 0 Å². The summed E-state index contributed by atoms with van der Waals surface area (Å²) in [7, 11) is 0. The fourth-order valence-electron chi connectivity index (χ4n) is 2.84. The Balaban J connectivity index is 0.00000220. The van der Waals surface area contributed by atoms with Gasteiger partial charge in [0.15, 0.2) is 0 Å². The molecule has 0 aromatic heterocycles. The predicted octanol–water partition coefficient (Wildman–Crippen LogP) is 3.07. The molecule has 0 bridgehead atoms. The molecule has 2 rings (SSSR count). The first-order chi connectivity index (χ1) is 9.21. The summed E-state index contributed by atoms with van der Waals surface area (Å²) in [5.74, 6) is 0. The molecule has 0 heterocycles. The molecule has 0 aliphatic rings. The first kappa shape index (κ1) is 18.5. The minimum absolute atomic E-state index is 0. The Labute approximate surface area is 153 Å². The van der Waals surface area contributed by atoms with E-state index < -0.39 is 0 Å². The van der Waals surface area contributed by atoms with Crippen molar-refractivity contribution < 1.29 is 31.0 Å². The second-order valence-electron chi connectivity index (χ2n) is 7.59. The molecule has 0 N–H and O–H groups in total. The van der Waals surface area contributed by atoms with Crippen LogP contribution in [0.5, 0.6) is 0 Å². The number of benzene rings is 2. The molecule has 2 aromatic rings. The predicted molar refractivity (Wildman–Crippen MR) is 90.4 cm³/mol. The monoisotopic (exact) mass is 290 g/mol.